The van der Waals surface area contributed by atoms with Crippen molar-refractivity contribution in [3.8, 4) is 0 Å². The number of primary amides is 1. The summed E-state index contributed by atoms with van der Waals surface area (Å²) in [5, 5.41) is 2.70. The minimum absolute atomic E-state index is 0.280. The van der Waals surface area contributed by atoms with Crippen LogP contribution in [-0.2, 0) is 14.4 Å². The molecule has 0 aliphatic rings. The number of para-hydroxylation sites is 1. The van der Waals surface area contributed by atoms with E-state index < -0.39 is 24.0 Å². The molecule has 0 heterocycles. The third kappa shape index (κ3) is 3.87. The number of likely N-dealkylation sites (N-methyl/N-ethyl adjacent to an activating group) is 1. The number of amides is 2. The predicted octanol–water partition coefficient (Wildman–Crippen LogP) is -1.03. The van der Waals surface area contributed by atoms with Crippen LogP contribution in [-0.4, -0.2) is 37.4 Å². The van der Waals surface area contributed by atoms with Gasteiger partial charge >= 0.3 is 0 Å². The molecule has 7 heteroatoms. The van der Waals surface area contributed by atoms with E-state index in [0.717, 1.165) is 0 Å². The number of nitrogens with one attached hydrogen (secondary N) is 1. The van der Waals surface area contributed by atoms with Crippen molar-refractivity contribution in [2.75, 3.05) is 11.9 Å². The highest BCUT2D eigenvalue weighted by molar-refractivity contribution is 6.01. The lowest BCUT2D eigenvalue weighted by Crippen LogP contribution is -2.55. The number of hydrogen-bond acceptors (Lipinski definition) is 5. The van der Waals surface area contributed by atoms with E-state index in [1.165, 1.54) is 4.90 Å². The zero-order valence-electron chi connectivity index (χ0n) is 11.2. The second-order valence-electron chi connectivity index (χ2n) is 4.19. The van der Waals surface area contributed by atoms with E-state index in [4.69, 9.17) is 11.5 Å². The summed E-state index contributed by atoms with van der Waals surface area (Å²) < 4.78 is 0. The van der Waals surface area contributed by atoms with Crippen molar-refractivity contribution in [2.24, 2.45) is 11.5 Å². The summed E-state index contributed by atoms with van der Waals surface area (Å²) >= 11 is 0. The first kappa shape index (κ1) is 15.8. The van der Waals surface area contributed by atoms with Crippen LogP contribution in [0.1, 0.15) is 6.42 Å². The number of carbonyl (C=O) groups excluding carboxylic acids is 3. The van der Waals surface area contributed by atoms with Crippen molar-refractivity contribution in [1.29, 1.82) is 0 Å². The minimum Gasteiger partial charge on any atom is -0.370 e. The molecule has 1 aromatic rings. The Bertz CT molecular complexity index is 478. The largest absolute Gasteiger partial charge is 0.370 e. The van der Waals surface area contributed by atoms with Crippen molar-refractivity contribution in [3.05, 3.63) is 30.3 Å². The van der Waals surface area contributed by atoms with Crippen molar-refractivity contribution < 1.29 is 14.4 Å². The van der Waals surface area contributed by atoms with Gasteiger partial charge in [-0.2, -0.15) is 0 Å². The number of aldehydes is 1. The molecule has 1 aromatic carbocycles. The van der Waals surface area contributed by atoms with Crippen molar-refractivity contribution in [3.63, 3.8) is 0 Å². The first-order chi connectivity index (χ1) is 9.51. The van der Waals surface area contributed by atoms with Gasteiger partial charge in [0, 0.05) is 5.69 Å². The van der Waals surface area contributed by atoms with Gasteiger partial charge in [0.25, 0.3) is 0 Å². The van der Waals surface area contributed by atoms with E-state index in [1.54, 1.807) is 37.4 Å². The number of rotatable bonds is 7. The van der Waals surface area contributed by atoms with Crippen LogP contribution in [0.25, 0.3) is 0 Å². The molecule has 1 rings (SSSR count). The van der Waals surface area contributed by atoms with Gasteiger partial charge in [0.2, 0.25) is 11.8 Å². The Morgan fingerprint density at radius 1 is 1.35 bits per heavy atom. The van der Waals surface area contributed by atoms with Gasteiger partial charge in [0.1, 0.15) is 6.17 Å². The standard InChI is InChI=1S/C13H18N4O3/c1-16-12(8-18)17(9-5-3-2-4-6-9)13(20)10(14)7-11(15)19/h2-6,8,10,12,16H,7,14H2,1H3,(H2,15,19)/t10-,12+/m0/s1. The van der Waals surface area contributed by atoms with Crippen molar-refractivity contribution >= 4 is 23.8 Å². The third-order valence-corrected chi connectivity index (χ3v) is 2.71. The minimum atomic E-state index is -1.09. The summed E-state index contributed by atoms with van der Waals surface area (Å²) in [4.78, 5) is 35.5. The lowest BCUT2D eigenvalue weighted by atomic mass is 10.1. The molecule has 20 heavy (non-hydrogen) atoms. The number of benzene rings is 1. The van der Waals surface area contributed by atoms with E-state index in [-0.39, 0.29) is 6.42 Å². The van der Waals surface area contributed by atoms with Crippen LogP contribution >= 0.6 is 0 Å². The molecule has 0 bridgehead atoms. The highest BCUT2D eigenvalue weighted by Crippen LogP contribution is 2.16. The summed E-state index contributed by atoms with van der Waals surface area (Å²) in [5.74, 6) is -1.23. The van der Waals surface area contributed by atoms with E-state index >= 15 is 0 Å². The summed E-state index contributed by atoms with van der Waals surface area (Å²) in [6, 6.07) is 7.49. The fraction of sp³-hybridized carbons (Fsp3) is 0.308. The summed E-state index contributed by atoms with van der Waals surface area (Å²) in [7, 11) is 1.54. The highest BCUT2D eigenvalue weighted by Gasteiger charge is 2.28. The molecule has 0 saturated carbocycles. The smallest absolute Gasteiger partial charge is 0.246 e. The second kappa shape index (κ2) is 7.37. The topological polar surface area (TPSA) is 119 Å². The zero-order chi connectivity index (χ0) is 15.1. The van der Waals surface area contributed by atoms with Crippen LogP contribution in [0.3, 0.4) is 0 Å². The Labute approximate surface area is 116 Å². The average Bonchev–Trinajstić information content (AvgIpc) is 2.44. The lowest BCUT2D eigenvalue weighted by molar-refractivity contribution is -0.125. The van der Waals surface area contributed by atoms with Crippen molar-refractivity contribution in [2.45, 2.75) is 18.6 Å². The van der Waals surface area contributed by atoms with Crippen LogP contribution in [0.2, 0.25) is 0 Å². The number of nitrogens with two attached hydrogens (primary N) is 2. The van der Waals surface area contributed by atoms with Gasteiger partial charge in [-0.05, 0) is 19.2 Å². The van der Waals surface area contributed by atoms with Crippen molar-refractivity contribution in [1.82, 2.24) is 5.32 Å². The Balaban J connectivity index is 3.08. The molecule has 2 atom stereocenters. The normalized spacial score (nSPS) is 13.3. The van der Waals surface area contributed by atoms with E-state index in [9.17, 15) is 14.4 Å². The fourth-order valence-corrected chi connectivity index (χ4v) is 1.75. The Morgan fingerprint density at radius 3 is 2.40 bits per heavy atom. The maximum absolute atomic E-state index is 12.3. The first-order valence-electron chi connectivity index (χ1n) is 6.05. The second-order valence-corrected chi connectivity index (χ2v) is 4.19. The SMILES string of the molecule is CN[C@@H](C=O)N(C(=O)[C@@H](N)CC(N)=O)c1ccccc1. The molecule has 0 aliphatic heterocycles. The quantitative estimate of drug-likeness (QED) is 0.435. The molecule has 7 nitrogen and oxygen atoms in total. The van der Waals surface area contributed by atoms with Crippen LogP contribution in [0, 0.1) is 0 Å². The molecular weight excluding hydrogens is 260 g/mol. The van der Waals surface area contributed by atoms with Crippen LogP contribution < -0.4 is 21.7 Å². The van der Waals surface area contributed by atoms with E-state index in [2.05, 4.69) is 5.32 Å². The molecule has 0 aliphatic carbocycles. The fourth-order valence-electron chi connectivity index (χ4n) is 1.75. The molecule has 0 aromatic heterocycles. The molecule has 0 fully saturated rings. The predicted molar refractivity (Wildman–Crippen MR) is 74.6 cm³/mol. The van der Waals surface area contributed by atoms with E-state index in [1.807, 2.05) is 0 Å². The lowest BCUT2D eigenvalue weighted by Gasteiger charge is -2.30. The monoisotopic (exact) mass is 278 g/mol. The molecule has 0 saturated heterocycles. The number of anilines is 1. The van der Waals surface area contributed by atoms with Gasteiger partial charge in [-0.1, -0.05) is 18.2 Å². The van der Waals surface area contributed by atoms with Gasteiger partial charge in [-0.3, -0.25) is 24.6 Å². The average molecular weight is 278 g/mol. The molecule has 108 valence electrons. The molecule has 2 amide bonds. The maximum Gasteiger partial charge on any atom is 0.246 e. The Kier molecular flexibility index (Phi) is 5.82. The zero-order valence-corrected chi connectivity index (χ0v) is 11.2. The Hall–Kier alpha value is -2.25. The Morgan fingerprint density at radius 2 is 1.95 bits per heavy atom. The maximum atomic E-state index is 12.3. The molecule has 0 spiro atoms. The van der Waals surface area contributed by atoms with Gasteiger partial charge in [-0.15, -0.1) is 0 Å². The first-order valence-corrected chi connectivity index (χ1v) is 6.05. The van der Waals surface area contributed by atoms with E-state index in [0.29, 0.717) is 12.0 Å². The molecule has 0 radical (unpaired) electrons. The van der Waals surface area contributed by atoms with Gasteiger partial charge < -0.3 is 11.5 Å². The van der Waals surface area contributed by atoms with Crippen LogP contribution in [0.5, 0.6) is 0 Å². The summed E-state index contributed by atoms with van der Waals surface area (Å²) in [6.45, 7) is 0. The highest BCUT2D eigenvalue weighted by atomic mass is 16.2. The number of carbonyl (C=O) groups is 3. The molecular formula is C13H18N4O3. The summed E-state index contributed by atoms with van der Waals surface area (Å²) in [5.41, 5.74) is 11.2. The summed E-state index contributed by atoms with van der Waals surface area (Å²) in [6.07, 6.45) is -0.567. The number of hydrogen-bond donors (Lipinski definition) is 3. The van der Waals surface area contributed by atoms with Crippen LogP contribution in [0.15, 0.2) is 30.3 Å². The molecule has 5 N–H and O–H groups in total. The van der Waals surface area contributed by atoms with Gasteiger partial charge in [0.15, 0.2) is 6.29 Å². The van der Waals surface area contributed by atoms with Crippen LogP contribution in [0.4, 0.5) is 5.69 Å². The molecule has 0 unspecified atom stereocenters. The van der Waals surface area contributed by atoms with Gasteiger partial charge in [-0.25, -0.2) is 0 Å². The number of nitrogens with zero attached hydrogens (tertiary/aromatic N) is 1. The third-order valence-electron chi connectivity index (χ3n) is 2.71. The van der Waals surface area contributed by atoms with Gasteiger partial charge in [0.05, 0.1) is 12.5 Å².